The number of pyridine rings is 1. The third-order valence-corrected chi connectivity index (χ3v) is 3.54. The van der Waals surface area contributed by atoms with E-state index in [1.54, 1.807) is 6.20 Å². The Kier molecular flexibility index (Phi) is 3.04. The number of aryl methyl sites for hydroxylation is 2. The lowest BCUT2D eigenvalue weighted by molar-refractivity contribution is 0.540. The number of fused-ring (bicyclic) bond motifs is 1. The Labute approximate surface area is 118 Å². The van der Waals surface area contributed by atoms with Crippen LogP contribution in [0.15, 0.2) is 24.4 Å². The van der Waals surface area contributed by atoms with Gasteiger partial charge in [-0.15, -0.1) is 0 Å². The Morgan fingerprint density at radius 2 is 2.00 bits per heavy atom. The topological polar surface area (TPSA) is 48.5 Å². The molecule has 0 saturated heterocycles. The highest BCUT2D eigenvalue weighted by Gasteiger charge is 2.14. The second-order valence-corrected chi connectivity index (χ2v) is 5.25. The van der Waals surface area contributed by atoms with Crippen LogP contribution < -0.4 is 0 Å². The first kappa shape index (κ1) is 12.8. The largest absolute Gasteiger partial charge is 0.266 e. The standard InChI is InChI=1S/C15H19N5/c1-5-12-11-6-7-13(14-8-9-16-19(14)4)17-15(11)20(18-12)10(2)3/h6-10H,5H2,1-4H3. The molecule has 0 aliphatic carbocycles. The molecule has 0 aromatic carbocycles. The van der Waals surface area contributed by atoms with E-state index in [0.717, 1.165) is 34.5 Å². The molecule has 20 heavy (non-hydrogen) atoms. The minimum Gasteiger partial charge on any atom is -0.266 e. The highest BCUT2D eigenvalue weighted by atomic mass is 15.3. The third kappa shape index (κ3) is 1.90. The smallest absolute Gasteiger partial charge is 0.159 e. The Bertz CT molecular complexity index is 751. The van der Waals surface area contributed by atoms with Gasteiger partial charge in [-0.3, -0.25) is 4.68 Å². The molecule has 0 saturated carbocycles. The maximum atomic E-state index is 4.81. The van der Waals surface area contributed by atoms with Gasteiger partial charge in [0.15, 0.2) is 5.65 Å². The van der Waals surface area contributed by atoms with Crippen molar-refractivity contribution in [3.05, 3.63) is 30.1 Å². The van der Waals surface area contributed by atoms with Crippen molar-refractivity contribution in [1.29, 1.82) is 0 Å². The van der Waals surface area contributed by atoms with E-state index in [0.29, 0.717) is 6.04 Å². The molecule has 5 heteroatoms. The van der Waals surface area contributed by atoms with Crippen molar-refractivity contribution in [2.45, 2.75) is 33.2 Å². The van der Waals surface area contributed by atoms with E-state index in [1.807, 2.05) is 28.5 Å². The SMILES string of the molecule is CCc1nn(C(C)C)c2nc(-c3ccnn3C)ccc12. The second-order valence-electron chi connectivity index (χ2n) is 5.25. The van der Waals surface area contributed by atoms with E-state index >= 15 is 0 Å². The predicted octanol–water partition coefficient (Wildman–Crippen LogP) is 2.98. The number of rotatable bonds is 3. The molecule has 3 heterocycles. The summed E-state index contributed by atoms with van der Waals surface area (Å²) in [5, 5.41) is 10.0. The minimum atomic E-state index is 0.298. The number of aromatic nitrogens is 5. The first-order chi connectivity index (χ1) is 9.61. The van der Waals surface area contributed by atoms with Crippen LogP contribution in [-0.2, 0) is 13.5 Å². The van der Waals surface area contributed by atoms with Gasteiger partial charge in [0.2, 0.25) is 0 Å². The summed E-state index contributed by atoms with van der Waals surface area (Å²) in [6.45, 7) is 6.38. The average molecular weight is 269 g/mol. The summed E-state index contributed by atoms with van der Waals surface area (Å²) in [4.78, 5) is 4.81. The van der Waals surface area contributed by atoms with Crippen LogP contribution in [0.25, 0.3) is 22.4 Å². The fraction of sp³-hybridized carbons (Fsp3) is 0.400. The molecule has 3 aromatic heterocycles. The van der Waals surface area contributed by atoms with E-state index in [9.17, 15) is 0 Å². The van der Waals surface area contributed by atoms with Crippen molar-refractivity contribution in [3.8, 4) is 11.4 Å². The normalized spacial score (nSPS) is 11.7. The monoisotopic (exact) mass is 269 g/mol. The molecule has 0 atom stereocenters. The van der Waals surface area contributed by atoms with Crippen molar-refractivity contribution in [3.63, 3.8) is 0 Å². The summed E-state index contributed by atoms with van der Waals surface area (Å²) in [6.07, 6.45) is 2.71. The summed E-state index contributed by atoms with van der Waals surface area (Å²) in [5.74, 6) is 0. The van der Waals surface area contributed by atoms with Crippen LogP contribution in [0.3, 0.4) is 0 Å². The molecule has 0 fully saturated rings. The van der Waals surface area contributed by atoms with E-state index in [2.05, 4.69) is 37.0 Å². The summed E-state index contributed by atoms with van der Waals surface area (Å²) < 4.78 is 3.85. The number of hydrogen-bond acceptors (Lipinski definition) is 3. The zero-order valence-electron chi connectivity index (χ0n) is 12.3. The van der Waals surface area contributed by atoms with Gasteiger partial charge in [-0.1, -0.05) is 6.92 Å². The fourth-order valence-electron chi connectivity index (χ4n) is 2.47. The molecular weight excluding hydrogens is 250 g/mol. The van der Waals surface area contributed by atoms with Crippen molar-refractivity contribution in [1.82, 2.24) is 24.5 Å². The van der Waals surface area contributed by atoms with Crippen molar-refractivity contribution in [2.75, 3.05) is 0 Å². The van der Waals surface area contributed by atoms with Crippen molar-refractivity contribution in [2.24, 2.45) is 7.05 Å². The van der Waals surface area contributed by atoms with Crippen LogP contribution in [0.4, 0.5) is 0 Å². The lowest BCUT2D eigenvalue weighted by Crippen LogP contribution is -2.04. The Hall–Kier alpha value is -2.17. The van der Waals surface area contributed by atoms with Crippen molar-refractivity contribution >= 4 is 11.0 Å². The quantitative estimate of drug-likeness (QED) is 0.734. The van der Waals surface area contributed by atoms with Crippen LogP contribution in [-0.4, -0.2) is 24.5 Å². The van der Waals surface area contributed by atoms with E-state index in [4.69, 9.17) is 4.98 Å². The summed E-state index contributed by atoms with van der Waals surface area (Å²) in [6, 6.07) is 6.44. The molecule has 0 unspecified atom stereocenters. The summed E-state index contributed by atoms with van der Waals surface area (Å²) >= 11 is 0. The van der Waals surface area contributed by atoms with Gasteiger partial charge in [0.25, 0.3) is 0 Å². The van der Waals surface area contributed by atoms with Crippen molar-refractivity contribution < 1.29 is 0 Å². The first-order valence-corrected chi connectivity index (χ1v) is 6.98. The van der Waals surface area contributed by atoms with Gasteiger partial charge in [-0.25, -0.2) is 9.67 Å². The molecular formula is C15H19N5. The van der Waals surface area contributed by atoms with Gasteiger partial charge in [-0.05, 0) is 38.5 Å². The minimum absolute atomic E-state index is 0.298. The van der Waals surface area contributed by atoms with Gasteiger partial charge >= 0.3 is 0 Å². The molecule has 0 radical (unpaired) electrons. The predicted molar refractivity (Wildman–Crippen MR) is 79.5 cm³/mol. The molecule has 0 amide bonds. The number of hydrogen-bond donors (Lipinski definition) is 0. The fourth-order valence-corrected chi connectivity index (χ4v) is 2.47. The van der Waals surface area contributed by atoms with Gasteiger partial charge in [0.05, 0.1) is 17.1 Å². The zero-order chi connectivity index (χ0) is 14.3. The van der Waals surface area contributed by atoms with Crippen LogP contribution in [0.5, 0.6) is 0 Å². The molecule has 0 aliphatic heterocycles. The highest BCUT2D eigenvalue weighted by Crippen LogP contribution is 2.24. The molecule has 104 valence electrons. The zero-order valence-corrected chi connectivity index (χ0v) is 12.3. The van der Waals surface area contributed by atoms with Gasteiger partial charge < -0.3 is 0 Å². The Balaban J connectivity index is 2.24. The Morgan fingerprint density at radius 3 is 2.60 bits per heavy atom. The highest BCUT2D eigenvalue weighted by molar-refractivity contribution is 5.81. The van der Waals surface area contributed by atoms with Crippen LogP contribution in [0, 0.1) is 0 Å². The Morgan fingerprint density at radius 1 is 1.20 bits per heavy atom. The maximum absolute atomic E-state index is 4.81. The van der Waals surface area contributed by atoms with Gasteiger partial charge in [0, 0.05) is 24.7 Å². The molecule has 5 nitrogen and oxygen atoms in total. The summed E-state index contributed by atoms with van der Waals surface area (Å²) in [7, 11) is 1.93. The van der Waals surface area contributed by atoms with E-state index in [-0.39, 0.29) is 0 Å². The molecule has 0 N–H and O–H groups in total. The lowest BCUT2D eigenvalue weighted by Gasteiger charge is -2.07. The van der Waals surface area contributed by atoms with Gasteiger partial charge in [-0.2, -0.15) is 10.2 Å². The third-order valence-electron chi connectivity index (χ3n) is 3.54. The number of nitrogens with zero attached hydrogens (tertiary/aromatic N) is 5. The lowest BCUT2D eigenvalue weighted by atomic mass is 10.2. The van der Waals surface area contributed by atoms with E-state index in [1.165, 1.54) is 0 Å². The first-order valence-electron chi connectivity index (χ1n) is 6.98. The van der Waals surface area contributed by atoms with Crippen LogP contribution >= 0.6 is 0 Å². The molecule has 3 rings (SSSR count). The van der Waals surface area contributed by atoms with Crippen LogP contribution in [0.1, 0.15) is 32.5 Å². The van der Waals surface area contributed by atoms with Crippen LogP contribution in [0.2, 0.25) is 0 Å². The molecule has 3 aromatic rings. The average Bonchev–Trinajstić information content (AvgIpc) is 3.01. The van der Waals surface area contributed by atoms with Gasteiger partial charge in [0.1, 0.15) is 0 Å². The molecule has 0 bridgehead atoms. The summed E-state index contributed by atoms with van der Waals surface area (Å²) in [5.41, 5.74) is 4.01. The second kappa shape index (κ2) is 4.74. The maximum Gasteiger partial charge on any atom is 0.159 e. The molecule has 0 spiro atoms. The van der Waals surface area contributed by atoms with E-state index < -0.39 is 0 Å². The molecule has 0 aliphatic rings.